The third-order valence-electron chi connectivity index (χ3n) is 3.15. The fourth-order valence-corrected chi connectivity index (χ4v) is 2.19. The number of carbonyl (C=O) groups is 2. The molecule has 1 aliphatic rings. The number of aromatic nitrogens is 3. The Balaban J connectivity index is 1.98. The molecule has 1 aromatic carbocycles. The lowest BCUT2D eigenvalue weighted by atomic mass is 10.1. The summed E-state index contributed by atoms with van der Waals surface area (Å²) in [5.74, 6) is -0.534. The maximum Gasteiger partial charge on any atom is 0.299 e. The van der Waals surface area contributed by atoms with Crippen LogP contribution in [0.4, 0.5) is 5.69 Å². The van der Waals surface area contributed by atoms with E-state index in [2.05, 4.69) is 10.3 Å². The van der Waals surface area contributed by atoms with Gasteiger partial charge in [0.1, 0.15) is 11.4 Å². The van der Waals surface area contributed by atoms with Gasteiger partial charge in [0.15, 0.2) is 0 Å². The highest BCUT2D eigenvalue weighted by Gasteiger charge is 2.36. The van der Waals surface area contributed by atoms with Crippen molar-refractivity contribution in [3.8, 4) is 5.75 Å². The largest absolute Gasteiger partial charge is 0.497 e. The van der Waals surface area contributed by atoms with Gasteiger partial charge in [-0.25, -0.2) is 0 Å². The predicted octanol–water partition coefficient (Wildman–Crippen LogP) is 0.553. The van der Waals surface area contributed by atoms with Gasteiger partial charge in [0.05, 0.1) is 24.9 Å². The minimum absolute atomic E-state index is 0.220. The number of Topliss-reactive ketones (excluding diaryl/α,β-unsaturated/α-hetero) is 1. The maximum atomic E-state index is 12.1. The molecular weight excluding hydrogens is 260 g/mol. The second-order valence-corrected chi connectivity index (χ2v) is 4.49. The summed E-state index contributed by atoms with van der Waals surface area (Å²) in [6, 6.07) is 4.99. The van der Waals surface area contributed by atoms with Crippen LogP contribution < -0.4 is 9.64 Å². The lowest BCUT2D eigenvalue weighted by Gasteiger charge is -2.14. The maximum absolute atomic E-state index is 12.1. The number of ether oxygens (including phenoxy) is 1. The fourth-order valence-electron chi connectivity index (χ4n) is 2.19. The number of carbonyl (C=O) groups excluding carboxylic acids is 2. The normalized spacial score (nSPS) is 13.8. The van der Waals surface area contributed by atoms with E-state index >= 15 is 0 Å². The van der Waals surface area contributed by atoms with Crippen molar-refractivity contribution in [2.24, 2.45) is 7.05 Å². The molecule has 7 heteroatoms. The van der Waals surface area contributed by atoms with Crippen LogP contribution in [-0.2, 0) is 18.4 Å². The van der Waals surface area contributed by atoms with Gasteiger partial charge in [0, 0.05) is 13.2 Å². The van der Waals surface area contributed by atoms with Crippen LogP contribution >= 0.6 is 0 Å². The van der Waals surface area contributed by atoms with Gasteiger partial charge in [-0.15, -0.1) is 5.10 Å². The Hall–Kier alpha value is -2.70. The zero-order chi connectivity index (χ0) is 14.3. The van der Waals surface area contributed by atoms with Gasteiger partial charge in [0.2, 0.25) is 0 Å². The first-order valence-corrected chi connectivity index (χ1v) is 5.99. The molecule has 0 aliphatic carbocycles. The van der Waals surface area contributed by atoms with Crippen molar-refractivity contribution in [3.63, 3.8) is 0 Å². The standard InChI is InChI=1S/C13H12N4O3/c1-16-6-8(14-15-16)7-17-11-4-3-9(20-2)5-10(11)12(18)13(17)19/h3-6H,7H2,1-2H3. The molecule has 20 heavy (non-hydrogen) atoms. The molecule has 0 atom stereocenters. The van der Waals surface area contributed by atoms with E-state index < -0.39 is 11.7 Å². The van der Waals surface area contributed by atoms with E-state index in [0.717, 1.165) is 0 Å². The molecule has 2 heterocycles. The number of benzene rings is 1. The zero-order valence-corrected chi connectivity index (χ0v) is 11.0. The Morgan fingerprint density at radius 2 is 2.10 bits per heavy atom. The number of methoxy groups -OCH3 is 1. The third kappa shape index (κ3) is 1.83. The Labute approximate surface area is 114 Å². The Kier molecular flexibility index (Phi) is 2.74. The lowest BCUT2D eigenvalue weighted by Crippen LogP contribution is -2.29. The van der Waals surface area contributed by atoms with E-state index in [-0.39, 0.29) is 6.54 Å². The minimum Gasteiger partial charge on any atom is -0.497 e. The monoisotopic (exact) mass is 272 g/mol. The quantitative estimate of drug-likeness (QED) is 0.763. The average molecular weight is 272 g/mol. The molecule has 102 valence electrons. The number of hydrogen-bond donors (Lipinski definition) is 0. The van der Waals surface area contributed by atoms with E-state index in [9.17, 15) is 9.59 Å². The zero-order valence-electron chi connectivity index (χ0n) is 11.0. The summed E-state index contributed by atoms with van der Waals surface area (Å²) >= 11 is 0. The molecule has 3 rings (SSSR count). The highest BCUT2D eigenvalue weighted by Crippen LogP contribution is 2.32. The summed E-state index contributed by atoms with van der Waals surface area (Å²) in [6.07, 6.45) is 1.71. The average Bonchev–Trinajstić information content (AvgIpc) is 2.96. The second kappa shape index (κ2) is 4.44. The van der Waals surface area contributed by atoms with Crippen molar-refractivity contribution in [1.29, 1.82) is 0 Å². The van der Waals surface area contributed by atoms with E-state index in [1.165, 1.54) is 12.0 Å². The first kappa shape index (κ1) is 12.3. The molecule has 1 aromatic heterocycles. The smallest absolute Gasteiger partial charge is 0.299 e. The molecule has 0 saturated carbocycles. The van der Waals surface area contributed by atoms with Gasteiger partial charge in [0.25, 0.3) is 11.7 Å². The third-order valence-corrected chi connectivity index (χ3v) is 3.15. The van der Waals surface area contributed by atoms with Crippen molar-refractivity contribution in [2.75, 3.05) is 12.0 Å². The van der Waals surface area contributed by atoms with Gasteiger partial charge >= 0.3 is 0 Å². The highest BCUT2D eigenvalue weighted by atomic mass is 16.5. The van der Waals surface area contributed by atoms with Gasteiger partial charge in [-0.05, 0) is 18.2 Å². The number of aryl methyl sites for hydroxylation is 1. The van der Waals surface area contributed by atoms with Crippen molar-refractivity contribution in [3.05, 3.63) is 35.7 Å². The molecule has 7 nitrogen and oxygen atoms in total. The summed E-state index contributed by atoms with van der Waals surface area (Å²) in [5, 5.41) is 7.74. The molecule has 0 spiro atoms. The Morgan fingerprint density at radius 1 is 1.30 bits per heavy atom. The lowest BCUT2D eigenvalue weighted by molar-refractivity contribution is -0.114. The molecule has 1 aliphatic heterocycles. The molecule has 0 radical (unpaired) electrons. The number of hydrogen-bond acceptors (Lipinski definition) is 5. The summed E-state index contributed by atoms with van der Waals surface area (Å²) in [4.78, 5) is 25.4. The first-order valence-electron chi connectivity index (χ1n) is 5.99. The summed E-state index contributed by atoms with van der Waals surface area (Å²) in [6.45, 7) is 0.220. The van der Waals surface area contributed by atoms with Crippen LogP contribution in [-0.4, -0.2) is 33.8 Å². The van der Waals surface area contributed by atoms with Crippen molar-refractivity contribution in [1.82, 2.24) is 15.0 Å². The van der Waals surface area contributed by atoms with Crippen LogP contribution in [0.1, 0.15) is 16.1 Å². The van der Waals surface area contributed by atoms with E-state index in [4.69, 9.17) is 4.74 Å². The molecular formula is C13H12N4O3. The molecule has 0 fully saturated rings. The first-order chi connectivity index (χ1) is 9.60. The van der Waals surface area contributed by atoms with Gasteiger partial charge in [-0.3, -0.25) is 19.2 Å². The topological polar surface area (TPSA) is 77.3 Å². The minimum atomic E-state index is -0.557. The number of nitrogens with zero attached hydrogens (tertiary/aromatic N) is 4. The Morgan fingerprint density at radius 3 is 2.75 bits per heavy atom. The molecule has 2 aromatic rings. The number of amides is 1. The molecule has 0 saturated heterocycles. The van der Waals surface area contributed by atoms with E-state index in [0.29, 0.717) is 22.7 Å². The van der Waals surface area contributed by atoms with Crippen LogP contribution in [0.3, 0.4) is 0 Å². The highest BCUT2D eigenvalue weighted by molar-refractivity contribution is 6.52. The fraction of sp³-hybridized carbons (Fsp3) is 0.231. The van der Waals surface area contributed by atoms with Gasteiger partial charge in [-0.1, -0.05) is 5.21 Å². The number of ketones is 1. The Bertz CT molecular complexity index is 707. The van der Waals surface area contributed by atoms with Crippen molar-refractivity contribution < 1.29 is 14.3 Å². The van der Waals surface area contributed by atoms with Crippen LogP contribution in [0.2, 0.25) is 0 Å². The number of anilines is 1. The number of fused-ring (bicyclic) bond motifs is 1. The summed E-state index contributed by atoms with van der Waals surface area (Å²) in [7, 11) is 3.26. The van der Waals surface area contributed by atoms with Crippen LogP contribution in [0.15, 0.2) is 24.4 Å². The molecule has 0 unspecified atom stereocenters. The number of rotatable bonds is 3. The van der Waals surface area contributed by atoms with Gasteiger partial charge in [-0.2, -0.15) is 0 Å². The van der Waals surface area contributed by atoms with E-state index in [1.54, 1.807) is 36.1 Å². The van der Waals surface area contributed by atoms with Crippen molar-refractivity contribution in [2.45, 2.75) is 6.54 Å². The van der Waals surface area contributed by atoms with Gasteiger partial charge < -0.3 is 4.74 Å². The van der Waals surface area contributed by atoms with Crippen molar-refractivity contribution >= 4 is 17.4 Å². The SMILES string of the molecule is COc1ccc2c(c1)C(=O)C(=O)N2Cc1cn(C)nn1. The van der Waals surface area contributed by atoms with Crippen LogP contribution in [0, 0.1) is 0 Å². The van der Waals surface area contributed by atoms with Crippen LogP contribution in [0.25, 0.3) is 0 Å². The summed E-state index contributed by atoms with van der Waals surface area (Å²) < 4.78 is 6.62. The second-order valence-electron chi connectivity index (χ2n) is 4.49. The molecule has 0 bridgehead atoms. The predicted molar refractivity (Wildman–Crippen MR) is 69.5 cm³/mol. The van der Waals surface area contributed by atoms with E-state index in [1.807, 2.05) is 0 Å². The molecule has 1 amide bonds. The molecule has 0 N–H and O–H groups in total. The van der Waals surface area contributed by atoms with Crippen LogP contribution in [0.5, 0.6) is 5.75 Å². The summed E-state index contributed by atoms with van der Waals surface area (Å²) in [5.41, 5.74) is 1.56.